The number of fused-ring (bicyclic) bond motifs is 1. The Labute approximate surface area is 190 Å². The van der Waals surface area contributed by atoms with Crippen molar-refractivity contribution in [2.45, 2.75) is 18.9 Å². The Morgan fingerprint density at radius 3 is 2.24 bits per heavy atom. The van der Waals surface area contributed by atoms with Crippen molar-refractivity contribution >= 4 is 34.0 Å². The van der Waals surface area contributed by atoms with Gasteiger partial charge in [0.05, 0.1) is 5.69 Å². The quantitative estimate of drug-likeness (QED) is 0.491. The largest absolute Gasteiger partial charge is 0.355 e. The van der Waals surface area contributed by atoms with E-state index in [0.717, 1.165) is 25.8 Å². The van der Waals surface area contributed by atoms with Crippen LogP contribution in [0, 0.1) is 11.6 Å². The molecule has 0 amide bonds. The predicted octanol–water partition coefficient (Wildman–Crippen LogP) is 3.86. The molecule has 1 fully saturated rings. The molecule has 2 aromatic carbocycles. The van der Waals surface area contributed by atoms with Crippen LogP contribution in [0.5, 0.6) is 0 Å². The molecular formula is C23H17ClF2N4O3. The van der Waals surface area contributed by atoms with Crippen LogP contribution >= 0.6 is 11.6 Å². The lowest BCUT2D eigenvalue weighted by molar-refractivity contribution is 0.554. The van der Waals surface area contributed by atoms with Crippen LogP contribution in [0.1, 0.15) is 18.9 Å². The lowest BCUT2D eigenvalue weighted by atomic mass is 10.2. The summed E-state index contributed by atoms with van der Waals surface area (Å²) in [5, 5.41) is 3.46. The van der Waals surface area contributed by atoms with Crippen molar-refractivity contribution in [1.29, 1.82) is 0 Å². The van der Waals surface area contributed by atoms with Gasteiger partial charge in [-0.05, 0) is 49.2 Å². The number of aryl methyl sites for hydroxylation is 1. The fourth-order valence-corrected chi connectivity index (χ4v) is 4.04. The summed E-state index contributed by atoms with van der Waals surface area (Å²) in [6.07, 6.45) is 1.18. The Kier molecular flexibility index (Phi) is 4.93. The lowest BCUT2D eigenvalue weighted by Gasteiger charge is -2.19. The number of aromatic nitrogens is 3. The zero-order valence-electron chi connectivity index (χ0n) is 17.3. The number of anilines is 2. The van der Waals surface area contributed by atoms with Crippen molar-refractivity contribution in [2.24, 2.45) is 7.05 Å². The zero-order chi connectivity index (χ0) is 23.4. The van der Waals surface area contributed by atoms with Crippen molar-refractivity contribution in [2.75, 3.05) is 5.32 Å². The first-order valence-corrected chi connectivity index (χ1v) is 10.5. The third kappa shape index (κ3) is 3.45. The van der Waals surface area contributed by atoms with Crippen molar-refractivity contribution in [3.05, 3.63) is 96.4 Å². The van der Waals surface area contributed by atoms with Crippen molar-refractivity contribution < 1.29 is 8.78 Å². The summed E-state index contributed by atoms with van der Waals surface area (Å²) in [5.41, 5.74) is -2.35. The molecule has 0 unspecified atom stereocenters. The first-order chi connectivity index (χ1) is 15.8. The van der Waals surface area contributed by atoms with Gasteiger partial charge in [-0.15, -0.1) is 0 Å². The maximum Gasteiger partial charge on any atom is 0.337 e. The second-order valence-corrected chi connectivity index (χ2v) is 8.32. The average Bonchev–Trinajstić information content (AvgIpc) is 3.60. The summed E-state index contributed by atoms with van der Waals surface area (Å²) >= 11 is 5.94. The fraction of sp³-hybridized carbons (Fsp3) is 0.174. The van der Waals surface area contributed by atoms with Crippen LogP contribution in [-0.2, 0) is 7.05 Å². The van der Waals surface area contributed by atoms with Crippen LogP contribution < -0.4 is 22.1 Å². The second-order valence-electron chi connectivity index (χ2n) is 7.88. The molecular weight excluding hydrogens is 454 g/mol. The molecule has 0 atom stereocenters. The molecule has 5 rings (SSSR count). The topological polar surface area (TPSA) is 78.0 Å². The van der Waals surface area contributed by atoms with E-state index in [0.29, 0.717) is 23.6 Å². The third-order valence-electron chi connectivity index (χ3n) is 5.65. The number of rotatable bonds is 4. The van der Waals surface area contributed by atoms with Gasteiger partial charge in [0.1, 0.15) is 28.4 Å². The van der Waals surface area contributed by atoms with E-state index in [1.807, 2.05) is 0 Å². The van der Waals surface area contributed by atoms with Crippen molar-refractivity contribution in [1.82, 2.24) is 13.7 Å². The molecule has 0 aliphatic heterocycles. The van der Waals surface area contributed by atoms with E-state index in [4.69, 9.17) is 11.6 Å². The van der Waals surface area contributed by atoms with Gasteiger partial charge >= 0.3 is 5.69 Å². The molecule has 0 radical (unpaired) electrons. The molecule has 1 N–H and O–H groups in total. The standard InChI is InChI=1S/C23H17ClF2N4O3/c1-28-18(31)11-17(27-13-7-5-12(24)6-8-13)19-21(28)30(20-15(25)3-2-4-16(20)26)23(33)29(22(19)32)14-9-10-14/h2-8,11,14,27H,9-10H2,1H3. The van der Waals surface area contributed by atoms with E-state index >= 15 is 0 Å². The minimum Gasteiger partial charge on any atom is -0.355 e. The summed E-state index contributed by atoms with van der Waals surface area (Å²) in [6.45, 7) is 0. The maximum atomic E-state index is 14.8. The Hall–Kier alpha value is -3.72. The minimum atomic E-state index is -0.997. The number of hydrogen-bond acceptors (Lipinski definition) is 4. The Morgan fingerprint density at radius 2 is 1.64 bits per heavy atom. The normalized spacial score (nSPS) is 13.5. The highest BCUT2D eigenvalue weighted by Gasteiger charge is 2.32. The van der Waals surface area contributed by atoms with Crippen LogP contribution in [0.15, 0.2) is 62.9 Å². The van der Waals surface area contributed by atoms with E-state index in [9.17, 15) is 23.2 Å². The van der Waals surface area contributed by atoms with Crippen LogP contribution in [-0.4, -0.2) is 13.7 Å². The molecule has 7 nitrogen and oxygen atoms in total. The molecule has 1 aliphatic rings. The van der Waals surface area contributed by atoms with Gasteiger partial charge in [0.25, 0.3) is 11.1 Å². The van der Waals surface area contributed by atoms with Gasteiger partial charge < -0.3 is 5.32 Å². The summed E-state index contributed by atoms with van der Waals surface area (Å²) in [5.74, 6) is -1.99. The molecule has 1 saturated carbocycles. The summed E-state index contributed by atoms with van der Waals surface area (Å²) in [4.78, 5) is 39.7. The number of pyridine rings is 1. The predicted molar refractivity (Wildman–Crippen MR) is 122 cm³/mol. The molecule has 168 valence electrons. The molecule has 4 aromatic rings. The number of nitrogens with one attached hydrogen (secondary N) is 1. The number of halogens is 3. The molecule has 33 heavy (non-hydrogen) atoms. The fourth-order valence-electron chi connectivity index (χ4n) is 3.91. The maximum absolute atomic E-state index is 14.8. The number of hydrogen-bond donors (Lipinski definition) is 1. The monoisotopic (exact) mass is 470 g/mol. The third-order valence-corrected chi connectivity index (χ3v) is 5.90. The van der Waals surface area contributed by atoms with E-state index in [1.54, 1.807) is 24.3 Å². The van der Waals surface area contributed by atoms with Gasteiger partial charge in [-0.3, -0.25) is 18.7 Å². The smallest absolute Gasteiger partial charge is 0.337 e. The van der Waals surface area contributed by atoms with E-state index in [1.165, 1.54) is 19.2 Å². The summed E-state index contributed by atoms with van der Waals surface area (Å²) < 4.78 is 32.4. The Balaban J connectivity index is 1.94. The Morgan fingerprint density at radius 1 is 1.00 bits per heavy atom. The molecule has 2 heterocycles. The minimum absolute atomic E-state index is 0.0406. The van der Waals surface area contributed by atoms with Crippen molar-refractivity contribution in [3.63, 3.8) is 0 Å². The van der Waals surface area contributed by atoms with Gasteiger partial charge in [0, 0.05) is 29.9 Å². The molecule has 0 saturated heterocycles. The average molecular weight is 471 g/mol. The Bertz CT molecular complexity index is 1580. The van der Waals surface area contributed by atoms with Gasteiger partial charge in [-0.1, -0.05) is 17.7 Å². The van der Waals surface area contributed by atoms with E-state index in [2.05, 4.69) is 5.32 Å². The van der Waals surface area contributed by atoms with Crippen LogP contribution in [0.4, 0.5) is 20.2 Å². The summed E-state index contributed by atoms with van der Waals surface area (Å²) in [7, 11) is 1.34. The number of para-hydroxylation sites is 1. The van der Waals surface area contributed by atoms with Gasteiger partial charge in [-0.25, -0.2) is 18.1 Å². The van der Waals surface area contributed by atoms with Crippen molar-refractivity contribution in [3.8, 4) is 5.69 Å². The molecule has 0 bridgehead atoms. The molecule has 1 aliphatic carbocycles. The lowest BCUT2D eigenvalue weighted by Crippen LogP contribution is -2.42. The highest BCUT2D eigenvalue weighted by molar-refractivity contribution is 6.30. The van der Waals surface area contributed by atoms with Crippen LogP contribution in [0.25, 0.3) is 16.7 Å². The number of nitrogens with zero attached hydrogens (tertiary/aromatic N) is 3. The first kappa shape index (κ1) is 21.1. The highest BCUT2D eigenvalue weighted by atomic mass is 35.5. The van der Waals surface area contributed by atoms with Crippen LogP contribution in [0.2, 0.25) is 5.02 Å². The molecule has 0 spiro atoms. The van der Waals surface area contributed by atoms with Crippen LogP contribution in [0.3, 0.4) is 0 Å². The summed E-state index contributed by atoms with van der Waals surface area (Å²) in [6, 6.07) is 10.6. The van der Waals surface area contributed by atoms with Gasteiger partial charge in [0.2, 0.25) is 0 Å². The first-order valence-electron chi connectivity index (χ1n) is 10.2. The second kappa shape index (κ2) is 7.70. The van der Waals surface area contributed by atoms with E-state index < -0.39 is 34.1 Å². The zero-order valence-corrected chi connectivity index (χ0v) is 18.1. The SMILES string of the molecule is Cn1c(=O)cc(Nc2ccc(Cl)cc2)c2c(=O)n(C3CC3)c(=O)n(-c3c(F)cccc3F)c21. The molecule has 2 aromatic heterocycles. The number of benzene rings is 2. The van der Waals surface area contributed by atoms with Gasteiger partial charge in [-0.2, -0.15) is 0 Å². The van der Waals surface area contributed by atoms with Gasteiger partial charge in [0.15, 0.2) is 0 Å². The van der Waals surface area contributed by atoms with E-state index in [-0.39, 0.29) is 22.8 Å². The highest BCUT2D eigenvalue weighted by Crippen LogP contribution is 2.34. The molecule has 10 heteroatoms.